The predicted octanol–water partition coefficient (Wildman–Crippen LogP) is 6.21. The molecule has 3 unspecified atom stereocenters. The molecule has 0 heterocycles. The second kappa shape index (κ2) is 9.18. The molecule has 124 valence electrons. The molecule has 0 spiro atoms. The van der Waals surface area contributed by atoms with Gasteiger partial charge in [-0.25, -0.2) is 0 Å². The highest BCUT2D eigenvalue weighted by Crippen LogP contribution is 2.44. The first-order valence-electron chi connectivity index (χ1n) is 9.86. The van der Waals surface area contributed by atoms with Crippen molar-refractivity contribution in [2.45, 2.75) is 97.5 Å². The summed E-state index contributed by atoms with van der Waals surface area (Å²) in [6.07, 6.45) is 16.1. The number of unbranched alkanes of at least 4 members (excludes halogenated alkanes) is 1. The van der Waals surface area contributed by atoms with Crippen molar-refractivity contribution in [1.82, 2.24) is 0 Å². The highest BCUT2D eigenvalue weighted by molar-refractivity contribution is 4.85. The van der Waals surface area contributed by atoms with E-state index in [-0.39, 0.29) is 0 Å². The lowest BCUT2D eigenvalue weighted by molar-refractivity contribution is 0.000488. The maximum Gasteiger partial charge on any atom is 0.0575 e. The van der Waals surface area contributed by atoms with E-state index in [9.17, 15) is 0 Å². The summed E-state index contributed by atoms with van der Waals surface area (Å²) in [6.45, 7) is 8.05. The molecule has 0 aliphatic heterocycles. The Kier molecular flexibility index (Phi) is 7.57. The molecule has 0 amide bonds. The van der Waals surface area contributed by atoms with Gasteiger partial charge in [-0.15, -0.1) is 0 Å². The van der Waals surface area contributed by atoms with Crippen LogP contribution < -0.4 is 0 Å². The molecule has 2 fully saturated rings. The van der Waals surface area contributed by atoms with Crippen molar-refractivity contribution < 1.29 is 4.74 Å². The van der Waals surface area contributed by atoms with E-state index in [2.05, 4.69) is 20.8 Å². The summed E-state index contributed by atoms with van der Waals surface area (Å²) in [4.78, 5) is 0. The van der Waals surface area contributed by atoms with Crippen LogP contribution in [0.3, 0.4) is 0 Å². The lowest BCUT2D eigenvalue weighted by Crippen LogP contribution is -2.33. The summed E-state index contributed by atoms with van der Waals surface area (Å²) in [5, 5.41) is 0. The third-order valence-electron chi connectivity index (χ3n) is 6.19. The van der Waals surface area contributed by atoms with Gasteiger partial charge in [0.25, 0.3) is 0 Å². The maximum atomic E-state index is 5.96. The van der Waals surface area contributed by atoms with Crippen LogP contribution in [-0.4, -0.2) is 12.7 Å². The zero-order valence-corrected chi connectivity index (χ0v) is 14.8. The fraction of sp³-hybridized carbons (Fsp3) is 1.00. The number of hydrogen-bond acceptors (Lipinski definition) is 1. The Bertz CT molecular complexity index is 267. The first-order valence-corrected chi connectivity index (χ1v) is 9.86. The summed E-state index contributed by atoms with van der Waals surface area (Å²) < 4.78 is 5.96. The number of ether oxygens (including phenoxy) is 1. The summed E-state index contributed by atoms with van der Waals surface area (Å²) in [6, 6.07) is 0. The number of rotatable bonds is 7. The third kappa shape index (κ3) is 5.27. The minimum absolute atomic E-state index is 0.581. The van der Waals surface area contributed by atoms with Crippen LogP contribution in [0.1, 0.15) is 91.4 Å². The van der Waals surface area contributed by atoms with Crippen molar-refractivity contribution in [3.05, 3.63) is 0 Å². The van der Waals surface area contributed by atoms with E-state index < -0.39 is 0 Å². The molecule has 0 aromatic rings. The van der Waals surface area contributed by atoms with Gasteiger partial charge in [0.05, 0.1) is 6.10 Å². The van der Waals surface area contributed by atoms with Crippen LogP contribution in [0.2, 0.25) is 0 Å². The zero-order chi connectivity index (χ0) is 15.1. The van der Waals surface area contributed by atoms with Crippen LogP contribution in [0.25, 0.3) is 0 Å². The standard InChI is InChI=1S/C20H38O/c1-4-6-7-17-8-13-20(16(3)15-17)18-9-11-19(12-10-18)21-14-5-2/h16-20H,4-15H2,1-3H3. The van der Waals surface area contributed by atoms with Crippen molar-refractivity contribution in [2.75, 3.05) is 6.61 Å². The van der Waals surface area contributed by atoms with Crippen LogP contribution in [0, 0.1) is 23.7 Å². The Labute approximate surface area is 133 Å². The quantitative estimate of drug-likeness (QED) is 0.542. The molecular formula is C20H38O. The highest BCUT2D eigenvalue weighted by atomic mass is 16.5. The smallest absolute Gasteiger partial charge is 0.0575 e. The van der Waals surface area contributed by atoms with E-state index in [0.717, 1.165) is 30.3 Å². The minimum atomic E-state index is 0.581. The highest BCUT2D eigenvalue weighted by Gasteiger charge is 2.34. The van der Waals surface area contributed by atoms with Gasteiger partial charge in [0.15, 0.2) is 0 Å². The van der Waals surface area contributed by atoms with Gasteiger partial charge >= 0.3 is 0 Å². The normalized spacial score (nSPS) is 37.6. The molecule has 0 bridgehead atoms. The van der Waals surface area contributed by atoms with Crippen molar-refractivity contribution in [2.24, 2.45) is 23.7 Å². The lowest BCUT2D eigenvalue weighted by atomic mass is 9.65. The van der Waals surface area contributed by atoms with Gasteiger partial charge in [-0.2, -0.15) is 0 Å². The molecule has 0 aromatic heterocycles. The largest absolute Gasteiger partial charge is 0.378 e. The Hall–Kier alpha value is -0.0400. The summed E-state index contributed by atoms with van der Waals surface area (Å²) >= 11 is 0. The SMILES string of the molecule is CCCCC1CCC(C2CCC(OCCC)CC2)C(C)C1. The van der Waals surface area contributed by atoms with Gasteiger partial charge in [0.1, 0.15) is 0 Å². The van der Waals surface area contributed by atoms with Crippen molar-refractivity contribution in [3.63, 3.8) is 0 Å². The van der Waals surface area contributed by atoms with Gasteiger partial charge in [-0.3, -0.25) is 0 Å². The van der Waals surface area contributed by atoms with E-state index in [1.807, 2.05) is 0 Å². The van der Waals surface area contributed by atoms with Gasteiger partial charge < -0.3 is 4.74 Å². The Morgan fingerprint density at radius 2 is 1.67 bits per heavy atom. The molecular weight excluding hydrogens is 256 g/mol. The maximum absolute atomic E-state index is 5.96. The summed E-state index contributed by atoms with van der Waals surface area (Å²) in [7, 11) is 0. The topological polar surface area (TPSA) is 9.23 Å². The van der Waals surface area contributed by atoms with Crippen LogP contribution in [0.5, 0.6) is 0 Å². The molecule has 1 heteroatoms. The second-order valence-corrected chi connectivity index (χ2v) is 7.87. The molecule has 2 aliphatic carbocycles. The average Bonchev–Trinajstić information content (AvgIpc) is 2.52. The van der Waals surface area contributed by atoms with Crippen LogP contribution in [0.4, 0.5) is 0 Å². The molecule has 2 aliphatic rings. The van der Waals surface area contributed by atoms with Gasteiger partial charge in [-0.05, 0) is 68.6 Å². The number of hydrogen-bond donors (Lipinski definition) is 0. The monoisotopic (exact) mass is 294 g/mol. The Morgan fingerprint density at radius 3 is 2.29 bits per heavy atom. The molecule has 0 aromatic carbocycles. The molecule has 0 saturated heterocycles. The zero-order valence-electron chi connectivity index (χ0n) is 14.8. The van der Waals surface area contributed by atoms with Crippen LogP contribution >= 0.6 is 0 Å². The van der Waals surface area contributed by atoms with E-state index >= 15 is 0 Å². The summed E-state index contributed by atoms with van der Waals surface area (Å²) in [5.74, 6) is 4.04. The average molecular weight is 295 g/mol. The second-order valence-electron chi connectivity index (χ2n) is 7.87. The van der Waals surface area contributed by atoms with Crippen molar-refractivity contribution in [1.29, 1.82) is 0 Å². The molecule has 0 N–H and O–H groups in total. The van der Waals surface area contributed by atoms with Gasteiger partial charge in [0.2, 0.25) is 0 Å². The third-order valence-corrected chi connectivity index (χ3v) is 6.19. The molecule has 0 radical (unpaired) electrons. The fourth-order valence-electron chi connectivity index (χ4n) is 4.95. The van der Waals surface area contributed by atoms with Crippen molar-refractivity contribution >= 4 is 0 Å². The molecule has 2 saturated carbocycles. The first kappa shape index (κ1) is 17.3. The van der Waals surface area contributed by atoms with Crippen molar-refractivity contribution in [3.8, 4) is 0 Å². The summed E-state index contributed by atoms with van der Waals surface area (Å²) in [5.41, 5.74) is 0. The van der Waals surface area contributed by atoms with E-state index in [1.165, 1.54) is 70.6 Å². The molecule has 3 atom stereocenters. The van der Waals surface area contributed by atoms with Crippen LogP contribution in [-0.2, 0) is 4.74 Å². The Morgan fingerprint density at radius 1 is 0.905 bits per heavy atom. The fourth-order valence-corrected chi connectivity index (χ4v) is 4.95. The van der Waals surface area contributed by atoms with Gasteiger partial charge in [-0.1, -0.05) is 46.5 Å². The Balaban J connectivity index is 1.71. The van der Waals surface area contributed by atoms with E-state index in [0.29, 0.717) is 6.10 Å². The molecule has 21 heavy (non-hydrogen) atoms. The van der Waals surface area contributed by atoms with E-state index in [1.54, 1.807) is 0 Å². The van der Waals surface area contributed by atoms with Crippen LogP contribution in [0.15, 0.2) is 0 Å². The molecule has 2 rings (SSSR count). The lowest BCUT2D eigenvalue weighted by Gasteiger charge is -2.41. The van der Waals surface area contributed by atoms with E-state index in [4.69, 9.17) is 4.74 Å². The van der Waals surface area contributed by atoms with Gasteiger partial charge in [0, 0.05) is 6.61 Å². The molecule has 1 nitrogen and oxygen atoms in total. The minimum Gasteiger partial charge on any atom is -0.378 e. The predicted molar refractivity (Wildman–Crippen MR) is 91.5 cm³/mol. The first-order chi connectivity index (χ1) is 10.2.